The van der Waals surface area contributed by atoms with Gasteiger partial charge in [-0.05, 0) is 63.8 Å². The number of ether oxygens (including phenoxy) is 3. The summed E-state index contributed by atoms with van der Waals surface area (Å²) >= 11 is 0. The molecular weight excluding hydrogens is 460 g/mol. The van der Waals surface area contributed by atoms with E-state index in [-0.39, 0.29) is 18.0 Å². The Morgan fingerprint density at radius 2 is 1.86 bits per heavy atom. The quantitative estimate of drug-likeness (QED) is 0.251. The Hall–Kier alpha value is -3.29. The second kappa shape index (κ2) is 13.1. The lowest BCUT2D eigenvalue weighted by molar-refractivity contribution is -0.137. The average Bonchev–Trinajstić information content (AvgIpc) is 2.78. The number of carbonyl (C=O) groups excluding carboxylic acids is 2. The molecule has 0 saturated heterocycles. The number of fused-ring (bicyclic) bond motifs is 1. The molecule has 0 spiro atoms. The van der Waals surface area contributed by atoms with Crippen molar-refractivity contribution in [3.05, 3.63) is 45.9 Å². The van der Waals surface area contributed by atoms with Crippen LogP contribution in [0.15, 0.2) is 29.1 Å². The van der Waals surface area contributed by atoms with E-state index < -0.39 is 17.7 Å². The summed E-state index contributed by atoms with van der Waals surface area (Å²) in [6.45, 7) is 14.6. The van der Waals surface area contributed by atoms with E-state index in [0.717, 1.165) is 18.4 Å². The highest BCUT2D eigenvalue weighted by molar-refractivity contribution is 5.92. The minimum atomic E-state index is -0.647. The van der Waals surface area contributed by atoms with Crippen LogP contribution in [0.1, 0.15) is 72.6 Å². The Labute approximate surface area is 213 Å². The number of esters is 1. The fourth-order valence-corrected chi connectivity index (χ4v) is 3.62. The normalized spacial score (nSPS) is 11.8. The van der Waals surface area contributed by atoms with Gasteiger partial charge in [-0.25, -0.2) is 9.59 Å². The summed E-state index contributed by atoms with van der Waals surface area (Å²) in [6, 6.07) is 5.36. The first-order valence-electron chi connectivity index (χ1n) is 12.6. The Morgan fingerprint density at radius 1 is 1.14 bits per heavy atom. The predicted molar refractivity (Wildman–Crippen MR) is 142 cm³/mol. The number of carbonyl (C=O) groups is 2. The van der Waals surface area contributed by atoms with Gasteiger partial charge in [0.1, 0.15) is 11.4 Å². The monoisotopic (exact) mass is 500 g/mol. The minimum absolute atomic E-state index is 0.0666. The second-order valence-corrected chi connectivity index (χ2v) is 10.0. The second-order valence-electron chi connectivity index (χ2n) is 10.0. The fourth-order valence-electron chi connectivity index (χ4n) is 3.62. The molecule has 8 nitrogen and oxygen atoms in total. The smallest absolute Gasteiger partial charge is 0.407 e. The highest BCUT2D eigenvalue weighted by atomic mass is 16.6. The fraction of sp³-hybridized carbons (Fsp3) is 0.536. The molecule has 0 atom stereocenters. The van der Waals surface area contributed by atoms with Gasteiger partial charge >= 0.3 is 12.1 Å². The zero-order chi connectivity index (χ0) is 26.9. The highest BCUT2D eigenvalue weighted by Crippen LogP contribution is 2.30. The first kappa shape index (κ1) is 28.9. The molecule has 0 aliphatic rings. The first-order chi connectivity index (χ1) is 17.0. The minimum Gasteiger partial charge on any atom is -0.491 e. The number of aromatic nitrogens is 1. The largest absolute Gasteiger partial charge is 0.491 e. The van der Waals surface area contributed by atoms with Crippen LogP contribution in [0, 0.1) is 5.92 Å². The standard InChI is InChI=1S/C28H40N2O6/c1-8-10-15-35-25-22-16-20(12-14-24(31)34-9-2)11-13-21(22)26(32)30(18-19(3)4)23(25)17-29-27(33)36-28(5,6)7/h11-14,16,19H,8-10,15,17-18H2,1-7H3,(H,29,33). The predicted octanol–water partition coefficient (Wildman–Crippen LogP) is 5.44. The molecule has 2 aromatic rings. The van der Waals surface area contributed by atoms with Crippen LogP contribution in [0.25, 0.3) is 16.8 Å². The van der Waals surface area contributed by atoms with Crippen molar-refractivity contribution >= 4 is 28.9 Å². The number of unbranched alkanes of at least 4 members (excludes halogenated alkanes) is 1. The van der Waals surface area contributed by atoms with Gasteiger partial charge in [-0.2, -0.15) is 0 Å². The summed E-state index contributed by atoms with van der Waals surface area (Å²) in [4.78, 5) is 37.8. The SMILES string of the molecule is CCCCOc1c(CNC(=O)OC(C)(C)C)n(CC(C)C)c(=O)c2ccc(C=CC(=O)OCC)cc12. The van der Waals surface area contributed by atoms with Crippen LogP contribution < -0.4 is 15.6 Å². The molecule has 0 bridgehead atoms. The van der Waals surface area contributed by atoms with Crippen molar-refractivity contribution in [2.24, 2.45) is 5.92 Å². The van der Waals surface area contributed by atoms with E-state index in [4.69, 9.17) is 14.2 Å². The summed E-state index contributed by atoms with van der Waals surface area (Å²) in [7, 11) is 0. The van der Waals surface area contributed by atoms with Crippen LogP contribution >= 0.6 is 0 Å². The molecule has 0 aliphatic carbocycles. The van der Waals surface area contributed by atoms with E-state index >= 15 is 0 Å². The lowest BCUT2D eigenvalue weighted by Gasteiger charge is -2.23. The molecule has 2 rings (SSSR count). The van der Waals surface area contributed by atoms with Gasteiger partial charge < -0.3 is 24.1 Å². The number of alkyl carbamates (subject to hydrolysis) is 1. The molecule has 1 N–H and O–H groups in total. The summed E-state index contributed by atoms with van der Waals surface area (Å²) in [5.41, 5.74) is 0.493. The van der Waals surface area contributed by atoms with Crippen molar-refractivity contribution < 1.29 is 23.8 Å². The number of hydrogen-bond acceptors (Lipinski definition) is 6. The Kier molecular flexibility index (Phi) is 10.6. The first-order valence-corrected chi connectivity index (χ1v) is 12.6. The zero-order valence-electron chi connectivity index (χ0n) is 22.6. The summed E-state index contributed by atoms with van der Waals surface area (Å²) in [5.74, 6) is 0.295. The van der Waals surface area contributed by atoms with Crippen molar-refractivity contribution in [1.29, 1.82) is 0 Å². The van der Waals surface area contributed by atoms with Crippen LogP contribution in [0.5, 0.6) is 5.75 Å². The molecule has 0 fully saturated rings. The molecule has 1 aromatic carbocycles. The lowest BCUT2D eigenvalue weighted by Crippen LogP contribution is -2.35. The molecule has 1 heterocycles. The van der Waals surface area contributed by atoms with E-state index in [1.807, 2.05) is 19.9 Å². The molecule has 0 radical (unpaired) electrons. The van der Waals surface area contributed by atoms with Crippen LogP contribution in [0.2, 0.25) is 0 Å². The molecule has 36 heavy (non-hydrogen) atoms. The van der Waals surface area contributed by atoms with Crippen molar-refractivity contribution in [2.45, 2.75) is 80.0 Å². The lowest BCUT2D eigenvalue weighted by atomic mass is 10.0. The van der Waals surface area contributed by atoms with Crippen molar-refractivity contribution in [1.82, 2.24) is 9.88 Å². The number of benzene rings is 1. The van der Waals surface area contributed by atoms with Gasteiger partial charge in [0.25, 0.3) is 5.56 Å². The summed E-state index contributed by atoms with van der Waals surface area (Å²) < 4.78 is 18.3. The maximum Gasteiger partial charge on any atom is 0.407 e. The third-order valence-corrected chi connectivity index (χ3v) is 5.14. The van der Waals surface area contributed by atoms with Crippen LogP contribution in [-0.4, -0.2) is 35.4 Å². The van der Waals surface area contributed by atoms with Gasteiger partial charge in [0.05, 0.1) is 30.8 Å². The van der Waals surface area contributed by atoms with E-state index in [1.165, 1.54) is 6.08 Å². The van der Waals surface area contributed by atoms with Gasteiger partial charge in [-0.3, -0.25) is 4.79 Å². The Bertz CT molecular complexity index is 1140. The number of amides is 1. The highest BCUT2D eigenvalue weighted by Gasteiger charge is 2.21. The Balaban J connectivity index is 2.66. The van der Waals surface area contributed by atoms with Crippen LogP contribution in [0.3, 0.4) is 0 Å². The van der Waals surface area contributed by atoms with E-state index in [0.29, 0.717) is 42.0 Å². The van der Waals surface area contributed by atoms with Gasteiger partial charge in [0.15, 0.2) is 0 Å². The van der Waals surface area contributed by atoms with Crippen molar-refractivity contribution in [3.63, 3.8) is 0 Å². The van der Waals surface area contributed by atoms with Crippen LogP contribution in [0.4, 0.5) is 4.79 Å². The topological polar surface area (TPSA) is 95.9 Å². The van der Waals surface area contributed by atoms with Crippen LogP contribution in [-0.2, 0) is 27.4 Å². The van der Waals surface area contributed by atoms with Gasteiger partial charge in [0.2, 0.25) is 0 Å². The number of hydrogen-bond donors (Lipinski definition) is 1. The molecule has 1 amide bonds. The molecule has 198 valence electrons. The summed E-state index contributed by atoms with van der Waals surface area (Å²) in [5, 5.41) is 3.92. The number of nitrogens with zero attached hydrogens (tertiary/aromatic N) is 1. The number of rotatable bonds is 11. The van der Waals surface area contributed by atoms with E-state index in [1.54, 1.807) is 50.5 Å². The van der Waals surface area contributed by atoms with E-state index in [9.17, 15) is 14.4 Å². The number of pyridine rings is 1. The van der Waals surface area contributed by atoms with Gasteiger partial charge in [-0.1, -0.05) is 33.3 Å². The molecular formula is C28H40N2O6. The summed E-state index contributed by atoms with van der Waals surface area (Å²) in [6.07, 6.45) is 4.21. The third-order valence-electron chi connectivity index (χ3n) is 5.14. The molecule has 8 heteroatoms. The van der Waals surface area contributed by atoms with Crippen molar-refractivity contribution in [2.75, 3.05) is 13.2 Å². The molecule has 1 aromatic heterocycles. The van der Waals surface area contributed by atoms with Gasteiger partial charge in [-0.15, -0.1) is 0 Å². The van der Waals surface area contributed by atoms with E-state index in [2.05, 4.69) is 12.2 Å². The average molecular weight is 501 g/mol. The van der Waals surface area contributed by atoms with Crippen molar-refractivity contribution in [3.8, 4) is 5.75 Å². The molecule has 0 unspecified atom stereocenters. The van der Waals surface area contributed by atoms with Gasteiger partial charge in [0, 0.05) is 18.0 Å². The maximum absolute atomic E-state index is 13.6. The Morgan fingerprint density at radius 3 is 2.47 bits per heavy atom. The maximum atomic E-state index is 13.6. The zero-order valence-corrected chi connectivity index (χ0v) is 22.6. The number of nitrogens with one attached hydrogen (secondary N) is 1. The molecule has 0 saturated carbocycles. The molecule has 0 aliphatic heterocycles. The third kappa shape index (κ3) is 8.43.